The summed E-state index contributed by atoms with van der Waals surface area (Å²) in [4.78, 5) is 13.8. The van der Waals surface area contributed by atoms with Gasteiger partial charge in [0, 0.05) is 19.3 Å². The molecule has 0 saturated carbocycles. The smallest absolute Gasteiger partial charge is 0.230 e. The summed E-state index contributed by atoms with van der Waals surface area (Å²) in [5.41, 5.74) is 7.27. The molecule has 0 bridgehead atoms. The van der Waals surface area contributed by atoms with Gasteiger partial charge in [-0.15, -0.1) is 0 Å². The number of rotatable bonds is 3. The van der Waals surface area contributed by atoms with Crippen molar-refractivity contribution in [2.24, 2.45) is 11.7 Å². The second-order valence-electron chi connectivity index (χ2n) is 4.83. The molecule has 1 unspecified atom stereocenters. The van der Waals surface area contributed by atoms with E-state index in [1.807, 2.05) is 24.3 Å². The third-order valence-corrected chi connectivity index (χ3v) is 5.25. The van der Waals surface area contributed by atoms with Crippen LogP contribution >= 0.6 is 0 Å². The van der Waals surface area contributed by atoms with Crippen LogP contribution in [0.3, 0.4) is 0 Å². The third kappa shape index (κ3) is 2.96. The Morgan fingerprint density at radius 3 is 2.68 bits per heavy atom. The number of hydrogen-bond donors (Lipinski definition) is 1. The van der Waals surface area contributed by atoms with E-state index in [1.54, 1.807) is 7.05 Å². The highest BCUT2D eigenvalue weighted by molar-refractivity contribution is 7.91. The molecule has 1 amide bonds. The van der Waals surface area contributed by atoms with Gasteiger partial charge in [0.2, 0.25) is 5.91 Å². The fourth-order valence-electron chi connectivity index (χ4n) is 2.39. The van der Waals surface area contributed by atoms with Crippen LogP contribution in [0.1, 0.15) is 12.0 Å². The van der Waals surface area contributed by atoms with Gasteiger partial charge in [-0.1, -0.05) is 18.2 Å². The summed E-state index contributed by atoms with van der Waals surface area (Å²) in [7, 11) is -1.38. The highest BCUT2D eigenvalue weighted by Crippen LogP contribution is 2.25. The van der Waals surface area contributed by atoms with Crippen LogP contribution in [-0.4, -0.2) is 32.9 Å². The number of amides is 1. The van der Waals surface area contributed by atoms with Crippen LogP contribution in [0.5, 0.6) is 0 Å². The minimum atomic E-state index is -3.04. The van der Waals surface area contributed by atoms with Crippen LogP contribution < -0.4 is 10.6 Å². The molecule has 1 heterocycles. The Morgan fingerprint density at radius 1 is 1.42 bits per heavy atom. The average molecular weight is 282 g/mol. The molecule has 19 heavy (non-hydrogen) atoms. The van der Waals surface area contributed by atoms with Crippen LogP contribution in [0, 0.1) is 5.92 Å². The predicted molar refractivity (Wildman–Crippen MR) is 74.5 cm³/mol. The van der Waals surface area contributed by atoms with E-state index in [2.05, 4.69) is 0 Å². The first-order valence-electron chi connectivity index (χ1n) is 6.20. The number of carbonyl (C=O) groups is 1. The van der Waals surface area contributed by atoms with E-state index in [0.29, 0.717) is 13.0 Å². The van der Waals surface area contributed by atoms with Crippen molar-refractivity contribution in [2.75, 3.05) is 23.5 Å². The first-order chi connectivity index (χ1) is 8.94. The Bertz CT molecular complexity index is 583. The summed E-state index contributed by atoms with van der Waals surface area (Å²) >= 11 is 0. The Kier molecular flexibility index (Phi) is 3.91. The molecule has 6 heteroatoms. The second-order valence-corrected chi connectivity index (χ2v) is 7.06. The molecule has 0 radical (unpaired) electrons. The molecule has 1 aromatic rings. The second kappa shape index (κ2) is 5.30. The van der Waals surface area contributed by atoms with Gasteiger partial charge in [0.1, 0.15) is 0 Å². The van der Waals surface area contributed by atoms with E-state index in [9.17, 15) is 13.2 Å². The molecular formula is C13H18N2O3S. The van der Waals surface area contributed by atoms with E-state index in [0.717, 1.165) is 11.3 Å². The molecule has 1 atom stereocenters. The van der Waals surface area contributed by atoms with Gasteiger partial charge in [-0.2, -0.15) is 0 Å². The van der Waals surface area contributed by atoms with E-state index in [1.165, 1.54) is 4.90 Å². The molecule has 1 aliphatic rings. The zero-order valence-corrected chi connectivity index (χ0v) is 11.7. The molecule has 0 aromatic heterocycles. The number of hydrogen-bond acceptors (Lipinski definition) is 4. The molecule has 2 rings (SSSR count). The van der Waals surface area contributed by atoms with E-state index in [-0.39, 0.29) is 17.4 Å². The average Bonchev–Trinajstić information content (AvgIpc) is 2.77. The molecule has 0 spiro atoms. The zero-order chi connectivity index (χ0) is 14.0. The van der Waals surface area contributed by atoms with Crippen molar-refractivity contribution in [1.82, 2.24) is 0 Å². The Balaban J connectivity index is 2.20. The molecule has 5 nitrogen and oxygen atoms in total. The van der Waals surface area contributed by atoms with E-state index < -0.39 is 15.8 Å². The first kappa shape index (κ1) is 14.0. The van der Waals surface area contributed by atoms with Gasteiger partial charge >= 0.3 is 0 Å². The van der Waals surface area contributed by atoms with Gasteiger partial charge in [-0.25, -0.2) is 8.42 Å². The first-order valence-corrected chi connectivity index (χ1v) is 8.02. The zero-order valence-electron chi connectivity index (χ0n) is 10.9. The quantitative estimate of drug-likeness (QED) is 0.877. The van der Waals surface area contributed by atoms with Crippen molar-refractivity contribution in [3.63, 3.8) is 0 Å². The highest BCUT2D eigenvalue weighted by atomic mass is 32.2. The summed E-state index contributed by atoms with van der Waals surface area (Å²) < 4.78 is 22.9. The minimum Gasteiger partial charge on any atom is -0.326 e. The number of carbonyl (C=O) groups excluding carboxylic acids is 1. The maximum atomic E-state index is 12.3. The van der Waals surface area contributed by atoms with Gasteiger partial charge in [0.05, 0.1) is 17.4 Å². The van der Waals surface area contributed by atoms with Gasteiger partial charge in [0.15, 0.2) is 9.84 Å². The molecule has 1 fully saturated rings. The Labute approximate surface area is 113 Å². The number of para-hydroxylation sites is 1. The van der Waals surface area contributed by atoms with Crippen LogP contribution in [0.25, 0.3) is 0 Å². The summed E-state index contributed by atoms with van der Waals surface area (Å²) in [5, 5.41) is 0. The molecule has 0 aliphatic carbocycles. The van der Waals surface area contributed by atoms with E-state index >= 15 is 0 Å². The molecule has 1 aliphatic heterocycles. The molecule has 1 aromatic carbocycles. The number of nitrogens with zero attached hydrogens (tertiary/aromatic N) is 1. The molecule has 1 saturated heterocycles. The van der Waals surface area contributed by atoms with Crippen molar-refractivity contribution < 1.29 is 13.2 Å². The Morgan fingerprint density at radius 2 is 2.11 bits per heavy atom. The van der Waals surface area contributed by atoms with Crippen molar-refractivity contribution >= 4 is 21.4 Å². The van der Waals surface area contributed by atoms with Gasteiger partial charge < -0.3 is 10.6 Å². The topological polar surface area (TPSA) is 80.5 Å². The normalized spacial score (nSPS) is 21.3. The van der Waals surface area contributed by atoms with Gasteiger partial charge in [-0.3, -0.25) is 4.79 Å². The maximum absolute atomic E-state index is 12.3. The van der Waals surface area contributed by atoms with Gasteiger partial charge in [-0.05, 0) is 18.1 Å². The lowest BCUT2D eigenvalue weighted by Crippen LogP contribution is -2.34. The molecular weight excluding hydrogens is 264 g/mol. The fourth-order valence-corrected chi connectivity index (χ4v) is 4.13. The summed E-state index contributed by atoms with van der Waals surface area (Å²) in [6.45, 7) is 0.344. The van der Waals surface area contributed by atoms with Crippen LogP contribution in [0.2, 0.25) is 0 Å². The Hall–Kier alpha value is -1.40. The van der Waals surface area contributed by atoms with Crippen molar-refractivity contribution in [3.8, 4) is 0 Å². The van der Waals surface area contributed by atoms with Crippen molar-refractivity contribution in [2.45, 2.75) is 13.0 Å². The lowest BCUT2D eigenvalue weighted by molar-refractivity contribution is -0.121. The van der Waals surface area contributed by atoms with Crippen molar-refractivity contribution in [3.05, 3.63) is 29.8 Å². The van der Waals surface area contributed by atoms with Gasteiger partial charge in [0.25, 0.3) is 0 Å². The van der Waals surface area contributed by atoms with Crippen LogP contribution in [0.4, 0.5) is 5.69 Å². The summed E-state index contributed by atoms with van der Waals surface area (Å²) in [6.07, 6.45) is 0.413. The lowest BCUT2D eigenvalue weighted by atomic mass is 10.1. The SMILES string of the molecule is CN(C(=O)C1CCS(=O)(=O)C1)c1ccccc1CN. The number of sulfone groups is 1. The summed E-state index contributed by atoms with van der Waals surface area (Å²) in [6, 6.07) is 7.39. The largest absolute Gasteiger partial charge is 0.326 e. The highest BCUT2D eigenvalue weighted by Gasteiger charge is 2.35. The fraction of sp³-hybridized carbons (Fsp3) is 0.462. The number of benzene rings is 1. The lowest BCUT2D eigenvalue weighted by Gasteiger charge is -2.22. The summed E-state index contributed by atoms with van der Waals surface area (Å²) in [5.74, 6) is -0.515. The maximum Gasteiger partial charge on any atom is 0.230 e. The predicted octanol–water partition coefficient (Wildman–Crippen LogP) is 0.543. The van der Waals surface area contributed by atoms with Crippen LogP contribution in [0.15, 0.2) is 24.3 Å². The minimum absolute atomic E-state index is 0.0407. The number of nitrogens with two attached hydrogens (primary N) is 1. The van der Waals surface area contributed by atoms with Crippen LogP contribution in [-0.2, 0) is 21.2 Å². The van der Waals surface area contributed by atoms with Crippen molar-refractivity contribution in [1.29, 1.82) is 0 Å². The molecule has 2 N–H and O–H groups in total. The van der Waals surface area contributed by atoms with E-state index in [4.69, 9.17) is 5.73 Å². The third-order valence-electron chi connectivity index (χ3n) is 3.49. The monoisotopic (exact) mass is 282 g/mol. The number of anilines is 1. The molecule has 104 valence electrons. The standard InChI is InChI=1S/C13H18N2O3S/c1-15(12-5-3-2-4-10(12)8-14)13(16)11-6-7-19(17,18)9-11/h2-5,11H,6-9,14H2,1H3.